The van der Waals surface area contributed by atoms with Crippen molar-refractivity contribution in [2.75, 3.05) is 5.32 Å². The number of amides is 1. The first-order valence-corrected chi connectivity index (χ1v) is 8.77. The molecule has 25 heavy (non-hydrogen) atoms. The van der Waals surface area contributed by atoms with Crippen LogP contribution in [0.1, 0.15) is 43.2 Å². The van der Waals surface area contributed by atoms with Gasteiger partial charge in [-0.15, -0.1) is 0 Å². The Morgan fingerprint density at radius 2 is 1.92 bits per heavy atom. The molecule has 1 amide bonds. The van der Waals surface area contributed by atoms with E-state index in [1.54, 1.807) is 6.07 Å². The van der Waals surface area contributed by atoms with E-state index in [2.05, 4.69) is 11.4 Å². The highest BCUT2D eigenvalue weighted by molar-refractivity contribution is 5.92. The summed E-state index contributed by atoms with van der Waals surface area (Å²) in [6, 6.07) is 16.9. The van der Waals surface area contributed by atoms with Crippen molar-refractivity contribution in [3.63, 3.8) is 0 Å². The average Bonchev–Trinajstić information content (AvgIpc) is 2.67. The van der Waals surface area contributed by atoms with Crippen LogP contribution in [0.5, 0.6) is 5.75 Å². The van der Waals surface area contributed by atoms with Gasteiger partial charge >= 0.3 is 0 Å². The predicted molar refractivity (Wildman–Crippen MR) is 97.1 cm³/mol. The Labute approximate surface area is 148 Å². The Morgan fingerprint density at radius 3 is 2.72 bits per heavy atom. The van der Waals surface area contributed by atoms with Gasteiger partial charge in [0, 0.05) is 17.7 Å². The van der Waals surface area contributed by atoms with Gasteiger partial charge < -0.3 is 10.1 Å². The van der Waals surface area contributed by atoms with Crippen LogP contribution in [0.15, 0.2) is 48.5 Å². The maximum Gasteiger partial charge on any atom is 0.227 e. The van der Waals surface area contributed by atoms with Crippen molar-refractivity contribution in [1.29, 1.82) is 5.26 Å². The molecule has 0 atom stereocenters. The number of benzene rings is 2. The molecule has 4 heteroatoms. The molecule has 0 radical (unpaired) electrons. The van der Waals surface area contributed by atoms with E-state index < -0.39 is 0 Å². The van der Waals surface area contributed by atoms with Crippen LogP contribution in [0.3, 0.4) is 0 Å². The van der Waals surface area contributed by atoms with E-state index in [1.165, 1.54) is 6.42 Å². The second-order valence-electron chi connectivity index (χ2n) is 6.45. The van der Waals surface area contributed by atoms with E-state index in [-0.39, 0.29) is 11.8 Å². The fraction of sp³-hybridized carbons (Fsp3) is 0.333. The summed E-state index contributed by atoms with van der Waals surface area (Å²) in [5.41, 5.74) is 2.32. The quantitative estimate of drug-likeness (QED) is 0.865. The van der Waals surface area contributed by atoms with Crippen LogP contribution in [0.4, 0.5) is 5.69 Å². The van der Waals surface area contributed by atoms with Gasteiger partial charge in [0.15, 0.2) is 0 Å². The van der Waals surface area contributed by atoms with E-state index in [0.717, 1.165) is 36.9 Å². The standard InChI is InChI=1S/C21H22N2O2/c22-14-16-6-4-7-17(12-16)15-25-20-11-5-10-19(13-20)23-21(24)18-8-2-1-3-9-18/h4-7,10-13,18H,1-3,8-9,15H2,(H,23,24). The lowest BCUT2D eigenvalue weighted by Gasteiger charge is -2.20. The van der Waals surface area contributed by atoms with Crippen LogP contribution in [-0.2, 0) is 11.4 Å². The van der Waals surface area contributed by atoms with Gasteiger partial charge in [-0.05, 0) is 42.7 Å². The van der Waals surface area contributed by atoms with Crippen molar-refractivity contribution < 1.29 is 9.53 Å². The highest BCUT2D eigenvalue weighted by Crippen LogP contribution is 2.26. The maximum absolute atomic E-state index is 12.3. The van der Waals surface area contributed by atoms with Crippen LogP contribution in [0.25, 0.3) is 0 Å². The van der Waals surface area contributed by atoms with Gasteiger partial charge in [-0.1, -0.05) is 37.5 Å². The molecule has 1 N–H and O–H groups in total. The molecule has 0 saturated heterocycles. The third-order valence-corrected chi connectivity index (χ3v) is 4.54. The minimum absolute atomic E-state index is 0.110. The Hall–Kier alpha value is -2.80. The van der Waals surface area contributed by atoms with Crippen molar-refractivity contribution in [3.05, 3.63) is 59.7 Å². The van der Waals surface area contributed by atoms with Crippen LogP contribution in [0.2, 0.25) is 0 Å². The number of carbonyl (C=O) groups excluding carboxylic acids is 1. The normalized spacial score (nSPS) is 14.5. The van der Waals surface area contributed by atoms with Gasteiger partial charge in [-0.25, -0.2) is 0 Å². The monoisotopic (exact) mass is 334 g/mol. The molecule has 3 rings (SSSR count). The molecule has 0 aliphatic heterocycles. The number of carbonyl (C=O) groups is 1. The summed E-state index contributed by atoms with van der Waals surface area (Å²) >= 11 is 0. The minimum atomic E-state index is 0.110. The lowest BCUT2D eigenvalue weighted by molar-refractivity contribution is -0.120. The first kappa shape index (κ1) is 17.0. The molecule has 2 aromatic carbocycles. The number of nitrogens with zero attached hydrogens (tertiary/aromatic N) is 1. The lowest BCUT2D eigenvalue weighted by Crippen LogP contribution is -2.24. The molecule has 1 aliphatic carbocycles. The van der Waals surface area contributed by atoms with Gasteiger partial charge in [-0.2, -0.15) is 5.26 Å². The van der Waals surface area contributed by atoms with Crippen LogP contribution >= 0.6 is 0 Å². The molecule has 1 fully saturated rings. The highest BCUT2D eigenvalue weighted by Gasteiger charge is 2.21. The largest absolute Gasteiger partial charge is 0.489 e. The maximum atomic E-state index is 12.3. The second kappa shape index (κ2) is 8.34. The molecular formula is C21H22N2O2. The summed E-state index contributed by atoms with van der Waals surface area (Å²) in [4.78, 5) is 12.3. The van der Waals surface area contributed by atoms with Gasteiger partial charge in [0.2, 0.25) is 5.91 Å². The summed E-state index contributed by atoms with van der Waals surface area (Å²) in [5.74, 6) is 0.939. The molecule has 0 spiro atoms. The van der Waals surface area contributed by atoms with Crippen molar-refractivity contribution in [3.8, 4) is 11.8 Å². The Morgan fingerprint density at radius 1 is 1.12 bits per heavy atom. The molecule has 0 bridgehead atoms. The topological polar surface area (TPSA) is 62.1 Å². The number of hydrogen-bond donors (Lipinski definition) is 1. The summed E-state index contributed by atoms with van der Waals surface area (Å²) < 4.78 is 5.80. The summed E-state index contributed by atoms with van der Waals surface area (Å²) in [6.45, 7) is 0.384. The fourth-order valence-electron chi connectivity index (χ4n) is 3.17. The third kappa shape index (κ3) is 4.84. The Bertz CT molecular complexity index is 773. The summed E-state index contributed by atoms with van der Waals surface area (Å²) in [5, 5.41) is 12.0. The lowest BCUT2D eigenvalue weighted by atomic mass is 9.88. The molecule has 0 aromatic heterocycles. The summed E-state index contributed by atoms with van der Waals surface area (Å²) in [6.07, 6.45) is 5.49. The minimum Gasteiger partial charge on any atom is -0.489 e. The summed E-state index contributed by atoms with van der Waals surface area (Å²) in [7, 11) is 0. The molecule has 128 valence electrons. The Kier molecular flexibility index (Phi) is 5.69. The predicted octanol–water partition coefficient (Wildman–Crippen LogP) is 4.66. The molecule has 0 heterocycles. The van der Waals surface area contributed by atoms with Gasteiger partial charge in [0.25, 0.3) is 0 Å². The molecular weight excluding hydrogens is 312 g/mol. The number of rotatable bonds is 5. The van der Waals surface area contributed by atoms with Crippen molar-refractivity contribution in [2.24, 2.45) is 5.92 Å². The van der Waals surface area contributed by atoms with Gasteiger partial charge in [0.05, 0.1) is 11.6 Å². The zero-order valence-corrected chi connectivity index (χ0v) is 14.2. The fourth-order valence-corrected chi connectivity index (χ4v) is 3.17. The van der Waals surface area contributed by atoms with Crippen molar-refractivity contribution in [1.82, 2.24) is 0 Å². The molecule has 0 unspecified atom stereocenters. The average molecular weight is 334 g/mol. The molecule has 4 nitrogen and oxygen atoms in total. The number of nitrogens with one attached hydrogen (secondary N) is 1. The molecule has 1 saturated carbocycles. The first-order chi connectivity index (χ1) is 12.2. The van der Waals surface area contributed by atoms with Crippen LogP contribution in [0, 0.1) is 17.2 Å². The van der Waals surface area contributed by atoms with E-state index in [9.17, 15) is 4.79 Å². The van der Waals surface area contributed by atoms with E-state index in [0.29, 0.717) is 17.9 Å². The van der Waals surface area contributed by atoms with Crippen molar-refractivity contribution in [2.45, 2.75) is 38.7 Å². The number of hydrogen-bond acceptors (Lipinski definition) is 3. The number of nitriles is 1. The van der Waals surface area contributed by atoms with Crippen LogP contribution < -0.4 is 10.1 Å². The SMILES string of the molecule is N#Cc1cccc(COc2cccc(NC(=O)C3CCCCC3)c2)c1. The smallest absolute Gasteiger partial charge is 0.227 e. The van der Waals surface area contributed by atoms with E-state index in [4.69, 9.17) is 10.00 Å². The first-order valence-electron chi connectivity index (χ1n) is 8.77. The zero-order chi connectivity index (χ0) is 17.5. The number of ether oxygens (including phenoxy) is 1. The van der Waals surface area contributed by atoms with Crippen molar-refractivity contribution >= 4 is 11.6 Å². The Balaban J connectivity index is 1.59. The van der Waals surface area contributed by atoms with Crippen LogP contribution in [-0.4, -0.2) is 5.91 Å². The molecule has 2 aromatic rings. The molecule has 1 aliphatic rings. The van der Waals surface area contributed by atoms with E-state index >= 15 is 0 Å². The van der Waals surface area contributed by atoms with Gasteiger partial charge in [0.1, 0.15) is 12.4 Å². The second-order valence-corrected chi connectivity index (χ2v) is 6.45. The third-order valence-electron chi connectivity index (χ3n) is 4.54. The van der Waals surface area contributed by atoms with E-state index in [1.807, 2.05) is 42.5 Å². The van der Waals surface area contributed by atoms with Gasteiger partial charge in [-0.3, -0.25) is 4.79 Å². The number of anilines is 1. The zero-order valence-electron chi connectivity index (χ0n) is 14.2. The highest BCUT2D eigenvalue weighted by atomic mass is 16.5.